The van der Waals surface area contributed by atoms with Gasteiger partial charge in [0.1, 0.15) is 5.52 Å². The number of fused-ring (bicyclic) bond motifs is 1. The maximum Gasteiger partial charge on any atom is 0.235 e. The SMILES string of the molecule is C[C@H](c1c(Cl)ccc(C2CC2)c1Cl)n1cnc2cnc(-c3ccccc3N3CCCS3(=O)=O)cc21. The number of pyridine rings is 1. The van der Waals surface area contributed by atoms with Crippen molar-refractivity contribution in [3.05, 3.63) is 76.2 Å². The van der Waals surface area contributed by atoms with Crippen LogP contribution < -0.4 is 4.31 Å². The van der Waals surface area contributed by atoms with Crippen LogP contribution >= 0.6 is 23.2 Å². The van der Waals surface area contributed by atoms with Crippen molar-refractivity contribution in [2.24, 2.45) is 0 Å². The number of halogens is 2. The van der Waals surface area contributed by atoms with Crippen LogP contribution in [0.4, 0.5) is 5.69 Å². The van der Waals surface area contributed by atoms with Crippen molar-refractivity contribution >= 4 is 49.9 Å². The first-order valence-electron chi connectivity index (χ1n) is 11.8. The van der Waals surface area contributed by atoms with Crippen molar-refractivity contribution in [1.29, 1.82) is 0 Å². The van der Waals surface area contributed by atoms with Crippen molar-refractivity contribution in [2.45, 2.75) is 38.1 Å². The molecule has 1 saturated heterocycles. The van der Waals surface area contributed by atoms with E-state index in [2.05, 4.69) is 21.5 Å². The van der Waals surface area contributed by atoms with Crippen LogP contribution in [0, 0.1) is 0 Å². The molecule has 2 fully saturated rings. The van der Waals surface area contributed by atoms with Crippen molar-refractivity contribution in [3.63, 3.8) is 0 Å². The van der Waals surface area contributed by atoms with Crippen LogP contribution in [0.2, 0.25) is 10.0 Å². The second kappa shape index (κ2) is 8.50. The molecule has 0 unspecified atom stereocenters. The van der Waals surface area contributed by atoms with Gasteiger partial charge in [0.05, 0.1) is 46.2 Å². The number of aromatic nitrogens is 3. The van der Waals surface area contributed by atoms with E-state index >= 15 is 0 Å². The Morgan fingerprint density at radius 3 is 2.63 bits per heavy atom. The number of hydrogen-bond acceptors (Lipinski definition) is 4. The van der Waals surface area contributed by atoms with E-state index in [1.54, 1.807) is 12.5 Å². The zero-order chi connectivity index (χ0) is 24.3. The van der Waals surface area contributed by atoms with Crippen LogP contribution in [0.5, 0.6) is 0 Å². The monoisotopic (exact) mass is 526 g/mol. The number of benzene rings is 2. The minimum Gasteiger partial charge on any atom is -0.323 e. The first kappa shape index (κ1) is 22.8. The zero-order valence-electron chi connectivity index (χ0n) is 19.2. The molecule has 9 heteroatoms. The summed E-state index contributed by atoms with van der Waals surface area (Å²) in [5.74, 6) is 0.680. The Hall–Kier alpha value is -2.61. The topological polar surface area (TPSA) is 68.1 Å². The van der Waals surface area contributed by atoms with Crippen molar-refractivity contribution in [2.75, 3.05) is 16.6 Å². The predicted molar refractivity (Wildman–Crippen MR) is 141 cm³/mol. The molecule has 180 valence electrons. The average Bonchev–Trinajstić information content (AvgIpc) is 3.49. The molecule has 2 aliphatic rings. The fourth-order valence-corrected chi connectivity index (χ4v) is 7.44. The molecule has 1 aliphatic carbocycles. The van der Waals surface area contributed by atoms with Gasteiger partial charge in [0.15, 0.2) is 0 Å². The first-order chi connectivity index (χ1) is 16.8. The fourth-order valence-electron chi connectivity index (χ4n) is 5.02. The van der Waals surface area contributed by atoms with Gasteiger partial charge in [-0.25, -0.2) is 13.4 Å². The highest BCUT2D eigenvalue weighted by Crippen LogP contribution is 2.47. The molecule has 1 atom stereocenters. The van der Waals surface area contributed by atoms with E-state index in [1.807, 2.05) is 42.5 Å². The van der Waals surface area contributed by atoms with Crippen LogP contribution in [0.1, 0.15) is 49.3 Å². The molecule has 2 aromatic carbocycles. The van der Waals surface area contributed by atoms with Crippen LogP contribution in [0.3, 0.4) is 0 Å². The summed E-state index contributed by atoms with van der Waals surface area (Å²) in [4.78, 5) is 9.19. The Bertz CT molecular complexity index is 1560. The number of nitrogens with zero attached hydrogens (tertiary/aromatic N) is 4. The predicted octanol–water partition coefficient (Wildman–Crippen LogP) is 6.43. The van der Waals surface area contributed by atoms with Gasteiger partial charge in [0.2, 0.25) is 10.0 Å². The highest BCUT2D eigenvalue weighted by atomic mass is 35.5. The van der Waals surface area contributed by atoms with Gasteiger partial charge in [-0.15, -0.1) is 0 Å². The van der Waals surface area contributed by atoms with E-state index in [-0.39, 0.29) is 11.8 Å². The third-order valence-corrected chi connectivity index (χ3v) is 9.62. The Morgan fingerprint density at radius 1 is 1.09 bits per heavy atom. The number of rotatable bonds is 5. The summed E-state index contributed by atoms with van der Waals surface area (Å²) < 4.78 is 28.8. The summed E-state index contributed by atoms with van der Waals surface area (Å²) in [7, 11) is -3.32. The maximum absolute atomic E-state index is 12.6. The molecule has 3 heterocycles. The molecule has 0 spiro atoms. The highest BCUT2D eigenvalue weighted by Gasteiger charge is 2.31. The molecular weight excluding hydrogens is 503 g/mol. The molecule has 0 radical (unpaired) electrons. The van der Waals surface area contributed by atoms with Crippen LogP contribution in [0.15, 0.2) is 55.0 Å². The summed E-state index contributed by atoms with van der Waals surface area (Å²) in [5, 5.41) is 1.36. The van der Waals surface area contributed by atoms with E-state index < -0.39 is 10.0 Å². The smallest absolute Gasteiger partial charge is 0.235 e. The number of anilines is 1. The lowest BCUT2D eigenvalue weighted by Gasteiger charge is -2.21. The van der Waals surface area contributed by atoms with Gasteiger partial charge in [-0.2, -0.15) is 0 Å². The molecule has 1 aliphatic heterocycles. The lowest BCUT2D eigenvalue weighted by molar-refractivity contribution is 0.599. The third-order valence-electron chi connectivity index (χ3n) is 7.02. The van der Waals surface area contributed by atoms with Gasteiger partial charge >= 0.3 is 0 Å². The van der Waals surface area contributed by atoms with E-state index in [0.29, 0.717) is 35.3 Å². The molecule has 2 aromatic heterocycles. The zero-order valence-corrected chi connectivity index (χ0v) is 21.5. The lowest BCUT2D eigenvalue weighted by atomic mass is 10.0. The normalized spacial score (nSPS) is 18.3. The van der Waals surface area contributed by atoms with Gasteiger partial charge in [-0.1, -0.05) is 47.5 Å². The lowest BCUT2D eigenvalue weighted by Crippen LogP contribution is -2.25. The van der Waals surface area contributed by atoms with Crippen molar-refractivity contribution in [1.82, 2.24) is 14.5 Å². The van der Waals surface area contributed by atoms with Crippen LogP contribution in [-0.4, -0.2) is 35.3 Å². The van der Waals surface area contributed by atoms with Gasteiger partial charge in [-0.3, -0.25) is 9.29 Å². The molecule has 35 heavy (non-hydrogen) atoms. The largest absolute Gasteiger partial charge is 0.323 e. The van der Waals surface area contributed by atoms with E-state index in [1.165, 1.54) is 4.31 Å². The Labute approximate surface area is 214 Å². The summed E-state index contributed by atoms with van der Waals surface area (Å²) in [5.41, 5.74) is 5.78. The van der Waals surface area contributed by atoms with Gasteiger partial charge in [0, 0.05) is 22.7 Å². The van der Waals surface area contributed by atoms with Crippen molar-refractivity contribution < 1.29 is 8.42 Å². The second-order valence-corrected chi connectivity index (χ2v) is 12.1. The minimum atomic E-state index is -3.32. The van der Waals surface area contributed by atoms with Gasteiger partial charge < -0.3 is 4.57 Å². The van der Waals surface area contributed by atoms with E-state index in [0.717, 1.165) is 45.6 Å². The third kappa shape index (κ3) is 3.90. The van der Waals surface area contributed by atoms with E-state index in [9.17, 15) is 8.42 Å². The molecule has 4 aromatic rings. The number of sulfonamides is 1. The highest BCUT2D eigenvalue weighted by molar-refractivity contribution is 7.93. The fraction of sp³-hybridized carbons (Fsp3) is 0.308. The number of imidazole rings is 1. The molecule has 0 N–H and O–H groups in total. The Kier molecular flexibility index (Phi) is 5.55. The molecule has 0 amide bonds. The molecule has 0 bridgehead atoms. The van der Waals surface area contributed by atoms with Crippen LogP contribution in [0.25, 0.3) is 22.3 Å². The van der Waals surface area contributed by atoms with Crippen molar-refractivity contribution in [3.8, 4) is 11.3 Å². The molecule has 6 nitrogen and oxygen atoms in total. The quantitative estimate of drug-likeness (QED) is 0.300. The maximum atomic E-state index is 12.6. The minimum absolute atomic E-state index is 0.150. The molecular formula is C26H24Cl2N4O2S. The Morgan fingerprint density at radius 2 is 1.89 bits per heavy atom. The number of para-hydroxylation sites is 1. The summed E-state index contributed by atoms with van der Waals surface area (Å²) >= 11 is 13.5. The van der Waals surface area contributed by atoms with E-state index in [4.69, 9.17) is 23.2 Å². The molecule has 6 rings (SSSR count). The van der Waals surface area contributed by atoms with Gasteiger partial charge in [0.25, 0.3) is 0 Å². The molecule has 1 saturated carbocycles. The standard InChI is InChI=1S/C26H24Cl2N4O2S/c1-16(25-20(27)10-9-18(26(25)28)17-7-8-17)31-15-30-22-14-29-21(13-24(22)31)19-5-2-3-6-23(19)32-11-4-12-35(32,33)34/h2-3,5-6,9-10,13-17H,4,7-8,11-12H2,1H3/t16-/m1/s1. The Balaban J connectivity index is 1.46. The average molecular weight is 527 g/mol. The summed E-state index contributed by atoms with van der Waals surface area (Å²) in [6.07, 6.45) is 6.45. The summed E-state index contributed by atoms with van der Waals surface area (Å²) in [6, 6.07) is 13.3. The second-order valence-electron chi connectivity index (χ2n) is 9.28. The van der Waals surface area contributed by atoms with Crippen LogP contribution in [-0.2, 0) is 10.0 Å². The number of hydrogen-bond donors (Lipinski definition) is 0. The first-order valence-corrected chi connectivity index (χ1v) is 14.1. The summed E-state index contributed by atoms with van der Waals surface area (Å²) in [6.45, 7) is 2.54. The van der Waals surface area contributed by atoms with Gasteiger partial charge in [-0.05, 0) is 55.9 Å².